The Morgan fingerprint density at radius 3 is 2.62 bits per heavy atom. The van der Waals surface area contributed by atoms with Crippen molar-refractivity contribution in [2.45, 2.75) is 6.43 Å². The van der Waals surface area contributed by atoms with Crippen LogP contribution in [0.4, 0.5) is 8.78 Å². The number of nitrogens with two attached hydrogens (primary N) is 1. The maximum absolute atomic E-state index is 12.3. The van der Waals surface area contributed by atoms with Crippen molar-refractivity contribution in [3.05, 3.63) is 28.0 Å². The summed E-state index contributed by atoms with van der Waals surface area (Å²) in [6.07, 6.45) is -1.63. The minimum atomic E-state index is -2.81. The third-order valence-corrected chi connectivity index (χ3v) is 2.04. The number of rotatable bonds is 2. The Morgan fingerprint density at radius 2 is 2.23 bits per heavy atom. The van der Waals surface area contributed by atoms with Gasteiger partial charge in [-0.1, -0.05) is 0 Å². The number of alkyl halides is 2. The van der Waals surface area contributed by atoms with Crippen molar-refractivity contribution in [3.8, 4) is 0 Å². The maximum atomic E-state index is 12.3. The van der Waals surface area contributed by atoms with E-state index in [4.69, 9.17) is 5.73 Å². The summed E-state index contributed by atoms with van der Waals surface area (Å²) in [6, 6.07) is 1.38. The molecule has 0 aliphatic carbocycles. The fourth-order valence-electron chi connectivity index (χ4n) is 0.863. The zero-order valence-corrected chi connectivity index (χ0v) is 7.88. The monoisotopic (exact) mass is 250 g/mol. The molecule has 1 aromatic rings. The molecule has 6 heteroatoms. The summed E-state index contributed by atoms with van der Waals surface area (Å²) < 4.78 is 24.8. The number of pyridine rings is 1. The van der Waals surface area contributed by atoms with Crippen molar-refractivity contribution >= 4 is 21.8 Å². The quantitative estimate of drug-likeness (QED) is 0.872. The summed E-state index contributed by atoms with van der Waals surface area (Å²) in [6.45, 7) is 0. The van der Waals surface area contributed by atoms with Crippen molar-refractivity contribution in [3.63, 3.8) is 0 Å². The van der Waals surface area contributed by atoms with Gasteiger partial charge < -0.3 is 5.73 Å². The van der Waals surface area contributed by atoms with Gasteiger partial charge in [-0.2, -0.15) is 0 Å². The fourth-order valence-corrected chi connectivity index (χ4v) is 1.38. The maximum Gasteiger partial charge on any atom is 0.281 e. The average molecular weight is 251 g/mol. The molecule has 70 valence electrons. The van der Waals surface area contributed by atoms with Crippen LogP contribution in [0, 0.1) is 0 Å². The molecule has 0 saturated carbocycles. The van der Waals surface area contributed by atoms with Crippen LogP contribution in [0.5, 0.6) is 0 Å². The summed E-state index contributed by atoms with van der Waals surface area (Å²) in [7, 11) is 0. The van der Waals surface area contributed by atoms with E-state index >= 15 is 0 Å². The second-order valence-corrected chi connectivity index (χ2v) is 3.07. The molecule has 13 heavy (non-hydrogen) atoms. The number of halogens is 3. The smallest absolute Gasteiger partial charge is 0.281 e. The Morgan fingerprint density at radius 1 is 1.62 bits per heavy atom. The summed E-state index contributed by atoms with van der Waals surface area (Å²) in [5, 5.41) is 0. The lowest BCUT2D eigenvalue weighted by Gasteiger charge is -2.05. The van der Waals surface area contributed by atoms with Crippen molar-refractivity contribution in [2.24, 2.45) is 5.73 Å². The number of primary amides is 1. The standard InChI is InChI=1S/C7H5BrF2N2O/c8-3-1-2-12-5(6(9)10)4(3)7(11)13/h1-2,6H,(H2,11,13). The molecule has 1 amide bonds. The second kappa shape index (κ2) is 3.78. The van der Waals surface area contributed by atoms with E-state index in [0.29, 0.717) is 0 Å². The highest BCUT2D eigenvalue weighted by Crippen LogP contribution is 2.25. The largest absolute Gasteiger partial charge is 0.366 e. The van der Waals surface area contributed by atoms with E-state index < -0.39 is 18.0 Å². The van der Waals surface area contributed by atoms with E-state index in [9.17, 15) is 13.6 Å². The van der Waals surface area contributed by atoms with E-state index in [0.717, 1.165) is 0 Å². The molecule has 0 unspecified atom stereocenters. The van der Waals surface area contributed by atoms with E-state index in [2.05, 4.69) is 20.9 Å². The number of aromatic nitrogens is 1. The van der Waals surface area contributed by atoms with E-state index in [1.807, 2.05) is 0 Å². The molecule has 0 spiro atoms. The lowest BCUT2D eigenvalue weighted by Crippen LogP contribution is -2.15. The van der Waals surface area contributed by atoms with Crippen molar-refractivity contribution < 1.29 is 13.6 Å². The third kappa shape index (κ3) is 2.00. The van der Waals surface area contributed by atoms with Crippen LogP contribution in [0.15, 0.2) is 16.7 Å². The highest BCUT2D eigenvalue weighted by atomic mass is 79.9. The van der Waals surface area contributed by atoms with E-state index in [1.54, 1.807) is 0 Å². The molecule has 0 aliphatic heterocycles. The SMILES string of the molecule is NC(=O)c1c(Br)ccnc1C(F)F. The summed E-state index contributed by atoms with van der Waals surface area (Å²) in [4.78, 5) is 14.1. The predicted molar refractivity (Wildman–Crippen MR) is 45.4 cm³/mol. The van der Waals surface area contributed by atoms with Gasteiger partial charge in [0.05, 0.1) is 5.56 Å². The van der Waals surface area contributed by atoms with Gasteiger partial charge in [-0.25, -0.2) is 8.78 Å². The van der Waals surface area contributed by atoms with Crippen molar-refractivity contribution in [2.75, 3.05) is 0 Å². The van der Waals surface area contributed by atoms with Gasteiger partial charge in [0.15, 0.2) is 0 Å². The molecule has 1 aromatic heterocycles. The first-order valence-corrected chi connectivity index (χ1v) is 4.05. The molecule has 0 aliphatic rings. The topological polar surface area (TPSA) is 56.0 Å². The highest BCUT2D eigenvalue weighted by Gasteiger charge is 2.20. The second-order valence-electron chi connectivity index (χ2n) is 2.22. The lowest BCUT2D eigenvalue weighted by molar-refractivity contribution is 0.0982. The summed E-state index contributed by atoms with van der Waals surface area (Å²) in [5.74, 6) is -0.921. The molecule has 1 rings (SSSR count). The van der Waals surface area contributed by atoms with Crippen LogP contribution in [0.25, 0.3) is 0 Å². The van der Waals surface area contributed by atoms with Gasteiger partial charge in [-0.15, -0.1) is 0 Å². The number of hydrogen-bond donors (Lipinski definition) is 1. The molecule has 2 N–H and O–H groups in total. The molecule has 0 atom stereocenters. The number of hydrogen-bond acceptors (Lipinski definition) is 2. The molecule has 3 nitrogen and oxygen atoms in total. The Labute approximate surface area is 81.1 Å². The zero-order valence-electron chi connectivity index (χ0n) is 6.30. The first-order chi connectivity index (χ1) is 6.04. The number of nitrogens with zero attached hydrogens (tertiary/aromatic N) is 1. The first kappa shape index (κ1) is 10.0. The van der Waals surface area contributed by atoms with Crippen molar-refractivity contribution in [1.29, 1.82) is 0 Å². The van der Waals surface area contributed by atoms with Crippen LogP contribution >= 0.6 is 15.9 Å². The van der Waals surface area contributed by atoms with Crippen LogP contribution in [0.3, 0.4) is 0 Å². The van der Waals surface area contributed by atoms with Crippen molar-refractivity contribution in [1.82, 2.24) is 4.98 Å². The Kier molecular flexibility index (Phi) is 2.92. The van der Waals surface area contributed by atoms with E-state index in [-0.39, 0.29) is 10.0 Å². The van der Waals surface area contributed by atoms with Gasteiger partial charge in [0, 0.05) is 10.7 Å². The van der Waals surface area contributed by atoms with Gasteiger partial charge in [0.25, 0.3) is 12.3 Å². The van der Waals surface area contributed by atoms with Gasteiger partial charge >= 0.3 is 0 Å². The third-order valence-electron chi connectivity index (χ3n) is 1.38. The molecule has 0 radical (unpaired) electrons. The molecular formula is C7H5BrF2N2O. The van der Waals surface area contributed by atoms with Crippen LogP contribution in [-0.4, -0.2) is 10.9 Å². The van der Waals surface area contributed by atoms with Gasteiger partial charge in [0.2, 0.25) is 0 Å². The molecule has 0 aromatic carbocycles. The summed E-state index contributed by atoms with van der Waals surface area (Å²) >= 11 is 2.94. The number of carbonyl (C=O) groups excluding carboxylic acids is 1. The molecule has 0 saturated heterocycles. The Hall–Kier alpha value is -1.04. The van der Waals surface area contributed by atoms with Crippen LogP contribution in [0.2, 0.25) is 0 Å². The molecule has 1 heterocycles. The fraction of sp³-hybridized carbons (Fsp3) is 0.143. The predicted octanol–water partition coefficient (Wildman–Crippen LogP) is 1.88. The normalized spacial score (nSPS) is 10.5. The minimum Gasteiger partial charge on any atom is -0.366 e. The molecule has 0 fully saturated rings. The number of carbonyl (C=O) groups is 1. The zero-order chi connectivity index (χ0) is 10.0. The van der Waals surface area contributed by atoms with Crippen LogP contribution in [-0.2, 0) is 0 Å². The number of amides is 1. The lowest BCUT2D eigenvalue weighted by atomic mass is 10.2. The van der Waals surface area contributed by atoms with Gasteiger partial charge in [-0.3, -0.25) is 9.78 Å². The van der Waals surface area contributed by atoms with Gasteiger partial charge in [0.1, 0.15) is 5.69 Å². The summed E-state index contributed by atoms with van der Waals surface area (Å²) in [5.41, 5.74) is 4.05. The average Bonchev–Trinajstić information content (AvgIpc) is 2.02. The Balaban J connectivity index is 3.34. The first-order valence-electron chi connectivity index (χ1n) is 3.26. The van der Waals surface area contributed by atoms with Crippen LogP contribution < -0.4 is 5.73 Å². The van der Waals surface area contributed by atoms with Gasteiger partial charge in [-0.05, 0) is 22.0 Å². The van der Waals surface area contributed by atoms with E-state index in [1.165, 1.54) is 12.3 Å². The Bertz CT molecular complexity index is 343. The van der Waals surface area contributed by atoms with Crippen LogP contribution in [0.1, 0.15) is 22.5 Å². The molecule has 0 bridgehead atoms. The molecular weight excluding hydrogens is 246 g/mol. The highest BCUT2D eigenvalue weighted by molar-refractivity contribution is 9.10. The minimum absolute atomic E-state index is 0.227.